The summed E-state index contributed by atoms with van der Waals surface area (Å²) in [6.07, 6.45) is 4.10. The molecule has 3 aromatic carbocycles. The van der Waals surface area contributed by atoms with Crippen LogP contribution in [-0.2, 0) is 16.1 Å². The number of aryl methyl sites for hydroxylation is 1. The second-order valence-electron chi connectivity index (χ2n) is 9.45. The Bertz CT molecular complexity index is 1390. The van der Waals surface area contributed by atoms with Gasteiger partial charge in [0.25, 0.3) is 0 Å². The van der Waals surface area contributed by atoms with Gasteiger partial charge in [0.1, 0.15) is 23.9 Å². The van der Waals surface area contributed by atoms with Crippen LogP contribution in [0.2, 0.25) is 0 Å². The average molecular weight is 498 g/mol. The SMILES string of the molecule is COc1ccc(N(C(=O)Cn2nnc3ccccc32)C(C(=O)NC2CCCC2)c2ccccc2C)cc1. The molecule has 0 saturated heterocycles. The number of carbonyl (C=O) groups excluding carboxylic acids is 2. The Morgan fingerprint density at radius 2 is 1.73 bits per heavy atom. The summed E-state index contributed by atoms with van der Waals surface area (Å²) in [5, 5.41) is 11.6. The molecule has 2 amide bonds. The Morgan fingerprint density at radius 3 is 2.46 bits per heavy atom. The van der Waals surface area contributed by atoms with Gasteiger partial charge in [0, 0.05) is 11.7 Å². The van der Waals surface area contributed by atoms with Gasteiger partial charge in [0.2, 0.25) is 11.8 Å². The minimum Gasteiger partial charge on any atom is -0.497 e. The lowest BCUT2D eigenvalue weighted by Gasteiger charge is -2.33. The fourth-order valence-corrected chi connectivity index (χ4v) is 5.06. The molecule has 4 aromatic rings. The van der Waals surface area contributed by atoms with Crippen LogP contribution in [0.5, 0.6) is 5.75 Å². The highest BCUT2D eigenvalue weighted by Gasteiger charge is 2.35. The highest BCUT2D eigenvalue weighted by Crippen LogP contribution is 2.32. The van der Waals surface area contributed by atoms with Crippen molar-refractivity contribution in [3.63, 3.8) is 0 Å². The molecule has 1 unspecified atom stereocenters. The van der Waals surface area contributed by atoms with E-state index in [4.69, 9.17) is 4.74 Å². The molecule has 1 fully saturated rings. The number of benzene rings is 3. The normalized spacial score (nSPS) is 14.4. The van der Waals surface area contributed by atoms with Crippen LogP contribution in [0.1, 0.15) is 42.9 Å². The van der Waals surface area contributed by atoms with Crippen LogP contribution in [0.25, 0.3) is 11.0 Å². The first kappa shape index (κ1) is 24.5. The Labute approximate surface area is 216 Å². The van der Waals surface area contributed by atoms with Crippen molar-refractivity contribution in [1.82, 2.24) is 20.3 Å². The molecule has 8 nitrogen and oxygen atoms in total. The highest BCUT2D eigenvalue weighted by molar-refractivity contribution is 6.01. The summed E-state index contributed by atoms with van der Waals surface area (Å²) in [7, 11) is 1.60. The number of methoxy groups -OCH3 is 1. The third-order valence-electron chi connectivity index (χ3n) is 7.02. The standard InChI is InChI=1S/C29H31N5O3/c1-20-9-3-6-12-24(20)28(29(36)30-21-10-4-5-11-21)34(22-15-17-23(37-2)18-16-22)27(35)19-33-26-14-8-7-13-25(26)31-32-33/h3,6-9,12-18,21,28H,4-5,10-11,19H2,1-2H3,(H,30,36). The summed E-state index contributed by atoms with van der Waals surface area (Å²) in [5.74, 6) is 0.214. The molecule has 1 aliphatic rings. The number of nitrogens with one attached hydrogen (secondary N) is 1. The number of ether oxygens (including phenoxy) is 1. The number of aromatic nitrogens is 3. The summed E-state index contributed by atoms with van der Waals surface area (Å²) in [6.45, 7) is 1.90. The van der Waals surface area contributed by atoms with Crippen LogP contribution >= 0.6 is 0 Å². The van der Waals surface area contributed by atoms with E-state index in [1.165, 1.54) is 0 Å². The van der Waals surface area contributed by atoms with Gasteiger partial charge >= 0.3 is 0 Å². The van der Waals surface area contributed by atoms with Crippen molar-refractivity contribution in [3.05, 3.63) is 83.9 Å². The van der Waals surface area contributed by atoms with Crippen LogP contribution < -0.4 is 15.0 Å². The second kappa shape index (κ2) is 10.8. The number of hydrogen-bond donors (Lipinski definition) is 1. The fourth-order valence-electron chi connectivity index (χ4n) is 5.06. The molecule has 0 radical (unpaired) electrons. The van der Waals surface area contributed by atoms with Crippen LogP contribution in [0.4, 0.5) is 5.69 Å². The van der Waals surface area contributed by atoms with Crippen molar-refractivity contribution in [2.45, 2.75) is 51.2 Å². The molecular weight excluding hydrogens is 466 g/mol. The maximum atomic E-state index is 14.1. The van der Waals surface area contributed by atoms with Crippen LogP contribution in [-0.4, -0.2) is 40.0 Å². The van der Waals surface area contributed by atoms with Crippen molar-refractivity contribution in [1.29, 1.82) is 0 Å². The highest BCUT2D eigenvalue weighted by atomic mass is 16.5. The van der Waals surface area contributed by atoms with Gasteiger partial charge in [-0.25, -0.2) is 4.68 Å². The van der Waals surface area contributed by atoms with E-state index in [1.54, 1.807) is 28.8 Å². The molecule has 37 heavy (non-hydrogen) atoms. The van der Waals surface area contributed by atoms with Gasteiger partial charge in [-0.15, -0.1) is 5.10 Å². The molecule has 0 bridgehead atoms. The van der Waals surface area contributed by atoms with E-state index in [1.807, 2.05) is 67.6 Å². The Morgan fingerprint density at radius 1 is 1.03 bits per heavy atom. The zero-order chi connectivity index (χ0) is 25.8. The average Bonchev–Trinajstić information content (AvgIpc) is 3.58. The summed E-state index contributed by atoms with van der Waals surface area (Å²) >= 11 is 0. The van der Waals surface area contributed by atoms with E-state index in [2.05, 4.69) is 15.6 Å². The molecule has 5 rings (SSSR count). The first-order valence-electron chi connectivity index (χ1n) is 12.7. The quantitative estimate of drug-likeness (QED) is 0.385. The summed E-state index contributed by atoms with van der Waals surface area (Å²) in [5.41, 5.74) is 3.79. The van der Waals surface area contributed by atoms with Crippen molar-refractivity contribution in [2.24, 2.45) is 0 Å². The second-order valence-corrected chi connectivity index (χ2v) is 9.45. The number of nitrogens with zero attached hydrogens (tertiary/aromatic N) is 4. The molecule has 1 heterocycles. The Balaban J connectivity index is 1.58. The minimum atomic E-state index is -0.850. The van der Waals surface area contributed by atoms with E-state index < -0.39 is 6.04 Å². The molecule has 0 spiro atoms. The topological polar surface area (TPSA) is 89.3 Å². The van der Waals surface area contributed by atoms with Crippen molar-refractivity contribution in [2.75, 3.05) is 12.0 Å². The smallest absolute Gasteiger partial charge is 0.249 e. The molecule has 1 saturated carbocycles. The molecule has 1 aliphatic carbocycles. The van der Waals surface area contributed by atoms with Gasteiger partial charge in [-0.05, 0) is 67.3 Å². The molecule has 8 heteroatoms. The Hall–Kier alpha value is -4.20. The fraction of sp³-hybridized carbons (Fsp3) is 0.310. The van der Waals surface area contributed by atoms with Gasteiger partial charge < -0.3 is 10.1 Å². The lowest BCUT2D eigenvalue weighted by atomic mass is 9.97. The Kier molecular flexibility index (Phi) is 7.16. The summed E-state index contributed by atoms with van der Waals surface area (Å²) < 4.78 is 6.92. The summed E-state index contributed by atoms with van der Waals surface area (Å²) in [6, 6.07) is 21.7. The molecule has 1 N–H and O–H groups in total. The maximum absolute atomic E-state index is 14.1. The lowest BCUT2D eigenvalue weighted by Crippen LogP contribution is -2.47. The van der Waals surface area contributed by atoms with Gasteiger partial charge in [0.05, 0.1) is 12.6 Å². The van der Waals surface area contributed by atoms with Crippen molar-refractivity contribution >= 4 is 28.5 Å². The van der Waals surface area contributed by atoms with E-state index in [0.717, 1.165) is 42.3 Å². The number of para-hydroxylation sites is 1. The van der Waals surface area contributed by atoms with E-state index in [0.29, 0.717) is 17.0 Å². The molecular formula is C29H31N5O3. The lowest BCUT2D eigenvalue weighted by molar-refractivity contribution is -0.127. The molecule has 0 aliphatic heterocycles. The number of rotatable bonds is 8. The summed E-state index contributed by atoms with van der Waals surface area (Å²) in [4.78, 5) is 29.6. The van der Waals surface area contributed by atoms with Gasteiger partial charge in [-0.2, -0.15) is 0 Å². The first-order valence-corrected chi connectivity index (χ1v) is 12.7. The molecule has 1 aromatic heterocycles. The van der Waals surface area contributed by atoms with Gasteiger partial charge in [-0.1, -0.05) is 54.5 Å². The van der Waals surface area contributed by atoms with Crippen molar-refractivity contribution in [3.8, 4) is 5.75 Å². The third kappa shape index (κ3) is 5.18. The number of hydrogen-bond acceptors (Lipinski definition) is 5. The van der Waals surface area contributed by atoms with Crippen LogP contribution in [0.15, 0.2) is 72.8 Å². The zero-order valence-electron chi connectivity index (χ0n) is 21.1. The van der Waals surface area contributed by atoms with E-state index in [-0.39, 0.29) is 24.4 Å². The maximum Gasteiger partial charge on any atom is 0.249 e. The number of anilines is 1. The van der Waals surface area contributed by atoms with Crippen molar-refractivity contribution < 1.29 is 14.3 Å². The first-order chi connectivity index (χ1) is 18.0. The largest absolute Gasteiger partial charge is 0.497 e. The van der Waals surface area contributed by atoms with Gasteiger partial charge in [0.15, 0.2) is 0 Å². The minimum absolute atomic E-state index is 0.0639. The third-order valence-corrected chi connectivity index (χ3v) is 7.02. The van der Waals surface area contributed by atoms with Gasteiger partial charge in [-0.3, -0.25) is 14.5 Å². The predicted molar refractivity (Wildman–Crippen MR) is 142 cm³/mol. The molecule has 1 atom stereocenters. The van der Waals surface area contributed by atoms with Crippen LogP contribution in [0.3, 0.4) is 0 Å². The van der Waals surface area contributed by atoms with E-state index in [9.17, 15) is 9.59 Å². The predicted octanol–water partition coefficient (Wildman–Crippen LogP) is 4.58. The number of carbonyl (C=O) groups is 2. The number of amides is 2. The monoisotopic (exact) mass is 497 g/mol. The molecule has 190 valence electrons. The number of fused-ring (bicyclic) bond motifs is 1. The zero-order valence-corrected chi connectivity index (χ0v) is 21.1. The van der Waals surface area contributed by atoms with E-state index >= 15 is 0 Å². The van der Waals surface area contributed by atoms with Crippen LogP contribution in [0, 0.1) is 6.92 Å².